The van der Waals surface area contributed by atoms with E-state index in [-0.39, 0.29) is 29.5 Å². The van der Waals surface area contributed by atoms with Gasteiger partial charge in [-0.05, 0) is 37.1 Å². The summed E-state index contributed by atoms with van der Waals surface area (Å²) < 4.78 is 5.86. The van der Waals surface area contributed by atoms with Gasteiger partial charge in [-0.25, -0.2) is 4.98 Å². The number of aromatic nitrogens is 1. The number of piperidine rings is 1. The van der Waals surface area contributed by atoms with Gasteiger partial charge in [0.1, 0.15) is 5.75 Å². The van der Waals surface area contributed by atoms with Gasteiger partial charge >= 0.3 is 0 Å². The van der Waals surface area contributed by atoms with Gasteiger partial charge in [0.25, 0.3) is 5.91 Å². The van der Waals surface area contributed by atoms with Crippen LogP contribution in [-0.4, -0.2) is 40.8 Å². The monoisotopic (exact) mass is 337 g/mol. The van der Waals surface area contributed by atoms with Crippen LogP contribution in [0.5, 0.6) is 11.5 Å². The van der Waals surface area contributed by atoms with Crippen molar-refractivity contribution >= 4 is 11.8 Å². The molecule has 2 saturated heterocycles. The third kappa shape index (κ3) is 2.95. The Labute approximate surface area is 145 Å². The van der Waals surface area contributed by atoms with E-state index in [4.69, 9.17) is 4.74 Å². The molecule has 0 saturated carbocycles. The standard InChI is InChI=1S/C19H19N3O3/c23-18-14-8-5-11-22(15(14)12-21-18)19(24)17-16(9-4-10-20-17)25-13-6-2-1-3-7-13/h1-4,6-7,9-10,14-15H,5,8,11-12H2,(H,21,23)/t14-,15-/m1/s1. The molecule has 2 amide bonds. The molecule has 128 valence electrons. The van der Waals surface area contributed by atoms with E-state index in [1.165, 1.54) is 0 Å². The highest BCUT2D eigenvalue weighted by Gasteiger charge is 2.43. The molecule has 0 aliphatic carbocycles. The molecule has 2 fully saturated rings. The average Bonchev–Trinajstić information content (AvgIpc) is 3.04. The molecule has 0 unspecified atom stereocenters. The maximum Gasteiger partial charge on any atom is 0.276 e. The fraction of sp³-hybridized carbons (Fsp3) is 0.316. The molecular weight excluding hydrogens is 318 g/mol. The van der Waals surface area contributed by atoms with Crippen molar-refractivity contribution in [3.05, 3.63) is 54.4 Å². The summed E-state index contributed by atoms with van der Waals surface area (Å²) >= 11 is 0. The molecule has 2 aliphatic rings. The molecule has 0 bridgehead atoms. The zero-order valence-corrected chi connectivity index (χ0v) is 13.7. The van der Waals surface area contributed by atoms with Crippen LogP contribution in [0, 0.1) is 5.92 Å². The fourth-order valence-electron chi connectivity index (χ4n) is 3.59. The average molecular weight is 337 g/mol. The molecule has 1 aromatic carbocycles. The Balaban J connectivity index is 1.61. The number of para-hydroxylation sites is 1. The summed E-state index contributed by atoms with van der Waals surface area (Å²) in [4.78, 5) is 31.1. The van der Waals surface area contributed by atoms with Crippen molar-refractivity contribution in [3.8, 4) is 11.5 Å². The second-order valence-corrected chi connectivity index (χ2v) is 6.33. The maximum atomic E-state index is 13.1. The number of amides is 2. The molecule has 1 aromatic heterocycles. The van der Waals surface area contributed by atoms with E-state index < -0.39 is 0 Å². The normalized spacial score (nSPS) is 22.2. The summed E-state index contributed by atoms with van der Waals surface area (Å²) in [6.45, 7) is 1.15. The van der Waals surface area contributed by atoms with E-state index in [1.807, 2.05) is 30.3 Å². The second-order valence-electron chi connectivity index (χ2n) is 6.33. The van der Waals surface area contributed by atoms with Crippen LogP contribution in [0.4, 0.5) is 0 Å². The molecule has 2 atom stereocenters. The van der Waals surface area contributed by atoms with E-state index in [0.717, 1.165) is 12.8 Å². The number of fused-ring (bicyclic) bond motifs is 1. The second kappa shape index (κ2) is 6.55. The van der Waals surface area contributed by atoms with Crippen LogP contribution in [0.2, 0.25) is 0 Å². The predicted molar refractivity (Wildman–Crippen MR) is 91.3 cm³/mol. The topological polar surface area (TPSA) is 71.5 Å². The van der Waals surface area contributed by atoms with Gasteiger partial charge in [0.2, 0.25) is 5.91 Å². The summed E-state index contributed by atoms with van der Waals surface area (Å²) in [7, 11) is 0. The molecule has 6 heteroatoms. The Hall–Kier alpha value is -2.89. The van der Waals surface area contributed by atoms with Gasteiger partial charge in [0.05, 0.1) is 12.0 Å². The molecule has 2 aliphatic heterocycles. The lowest BCUT2D eigenvalue weighted by molar-refractivity contribution is -0.123. The first-order chi connectivity index (χ1) is 12.2. The van der Waals surface area contributed by atoms with Gasteiger partial charge in [-0.3, -0.25) is 9.59 Å². The minimum Gasteiger partial charge on any atom is -0.455 e. The Bertz CT molecular complexity index is 794. The number of hydrogen-bond donors (Lipinski definition) is 1. The number of carbonyl (C=O) groups excluding carboxylic acids is 2. The van der Waals surface area contributed by atoms with E-state index in [0.29, 0.717) is 24.6 Å². The Morgan fingerprint density at radius 2 is 2.04 bits per heavy atom. The van der Waals surface area contributed by atoms with E-state index in [9.17, 15) is 9.59 Å². The van der Waals surface area contributed by atoms with Crippen molar-refractivity contribution < 1.29 is 14.3 Å². The van der Waals surface area contributed by atoms with Crippen molar-refractivity contribution in [3.63, 3.8) is 0 Å². The van der Waals surface area contributed by atoms with Gasteiger partial charge in [0.15, 0.2) is 11.4 Å². The Morgan fingerprint density at radius 3 is 2.88 bits per heavy atom. The SMILES string of the molecule is O=C1NC[C@@H]2[C@H]1CCCN2C(=O)c1ncccc1Oc1ccccc1. The number of nitrogens with one attached hydrogen (secondary N) is 1. The van der Waals surface area contributed by atoms with Crippen molar-refractivity contribution in [2.75, 3.05) is 13.1 Å². The summed E-state index contributed by atoms with van der Waals surface area (Å²) in [5, 5.41) is 2.87. The van der Waals surface area contributed by atoms with Crippen LogP contribution >= 0.6 is 0 Å². The molecule has 1 N–H and O–H groups in total. The lowest BCUT2D eigenvalue weighted by atomic mass is 9.91. The quantitative estimate of drug-likeness (QED) is 0.932. The van der Waals surface area contributed by atoms with Gasteiger partial charge < -0.3 is 15.0 Å². The van der Waals surface area contributed by atoms with Crippen LogP contribution in [0.1, 0.15) is 23.3 Å². The van der Waals surface area contributed by atoms with Crippen molar-refractivity contribution in [1.82, 2.24) is 15.2 Å². The van der Waals surface area contributed by atoms with Gasteiger partial charge in [0, 0.05) is 19.3 Å². The number of hydrogen-bond acceptors (Lipinski definition) is 4. The smallest absolute Gasteiger partial charge is 0.276 e. The first-order valence-electron chi connectivity index (χ1n) is 8.50. The molecule has 2 aromatic rings. The minimum absolute atomic E-state index is 0.0456. The molecule has 0 spiro atoms. The molecule has 3 heterocycles. The number of pyridine rings is 1. The predicted octanol–water partition coefficient (Wildman–Crippen LogP) is 2.22. The van der Waals surface area contributed by atoms with Crippen LogP contribution in [0.25, 0.3) is 0 Å². The summed E-state index contributed by atoms with van der Waals surface area (Å²) in [5.74, 6) is 0.832. The molecule has 0 radical (unpaired) electrons. The number of carbonyl (C=O) groups is 2. The van der Waals surface area contributed by atoms with Gasteiger partial charge in [-0.15, -0.1) is 0 Å². The third-order valence-corrected chi connectivity index (χ3v) is 4.81. The zero-order valence-electron chi connectivity index (χ0n) is 13.7. The van der Waals surface area contributed by atoms with Crippen molar-refractivity contribution in [2.45, 2.75) is 18.9 Å². The van der Waals surface area contributed by atoms with Crippen LogP contribution in [0.3, 0.4) is 0 Å². The van der Waals surface area contributed by atoms with E-state index in [2.05, 4.69) is 10.3 Å². The lowest BCUT2D eigenvalue weighted by Crippen LogP contribution is -2.49. The highest BCUT2D eigenvalue weighted by molar-refractivity contribution is 5.96. The summed E-state index contributed by atoms with van der Waals surface area (Å²) in [5.41, 5.74) is 0.284. The number of likely N-dealkylation sites (tertiary alicyclic amines) is 1. The van der Waals surface area contributed by atoms with Gasteiger partial charge in [-0.1, -0.05) is 18.2 Å². The molecular formula is C19H19N3O3. The van der Waals surface area contributed by atoms with Crippen LogP contribution in [0.15, 0.2) is 48.7 Å². The maximum absolute atomic E-state index is 13.1. The number of ether oxygens (including phenoxy) is 1. The summed E-state index contributed by atoms with van der Waals surface area (Å²) in [6, 6.07) is 12.7. The lowest BCUT2D eigenvalue weighted by Gasteiger charge is -2.35. The highest BCUT2D eigenvalue weighted by Crippen LogP contribution is 2.31. The molecule has 4 rings (SSSR count). The number of nitrogens with zero attached hydrogens (tertiary/aromatic N) is 2. The van der Waals surface area contributed by atoms with Crippen LogP contribution in [-0.2, 0) is 4.79 Å². The highest BCUT2D eigenvalue weighted by atomic mass is 16.5. The number of benzene rings is 1. The van der Waals surface area contributed by atoms with E-state index >= 15 is 0 Å². The van der Waals surface area contributed by atoms with E-state index in [1.54, 1.807) is 23.2 Å². The Morgan fingerprint density at radius 1 is 1.20 bits per heavy atom. The van der Waals surface area contributed by atoms with Crippen molar-refractivity contribution in [1.29, 1.82) is 0 Å². The molecule has 6 nitrogen and oxygen atoms in total. The van der Waals surface area contributed by atoms with Crippen LogP contribution < -0.4 is 10.1 Å². The number of rotatable bonds is 3. The summed E-state index contributed by atoms with van der Waals surface area (Å²) in [6.07, 6.45) is 3.24. The Kier molecular flexibility index (Phi) is 4.09. The fourth-order valence-corrected chi connectivity index (χ4v) is 3.59. The first-order valence-corrected chi connectivity index (χ1v) is 8.50. The molecule has 25 heavy (non-hydrogen) atoms. The van der Waals surface area contributed by atoms with Gasteiger partial charge in [-0.2, -0.15) is 0 Å². The zero-order chi connectivity index (χ0) is 17.2. The first kappa shape index (κ1) is 15.6. The third-order valence-electron chi connectivity index (χ3n) is 4.81. The minimum atomic E-state index is -0.183. The largest absolute Gasteiger partial charge is 0.455 e. The van der Waals surface area contributed by atoms with Crippen molar-refractivity contribution in [2.24, 2.45) is 5.92 Å².